The highest BCUT2D eigenvalue weighted by Gasteiger charge is 2.19. The van der Waals surface area contributed by atoms with Crippen molar-refractivity contribution in [2.45, 2.75) is 283 Å². The summed E-state index contributed by atoms with van der Waals surface area (Å²) in [5.74, 6) is 8.09. The average Bonchev–Trinajstić information content (AvgIpc) is 1.68. The smallest absolute Gasteiger partial charge is 0.109 e. The molecule has 0 atom stereocenters. The van der Waals surface area contributed by atoms with Crippen LogP contribution in [0.5, 0.6) is 0 Å². The molecule has 0 aliphatic carbocycles. The molecule has 12 aromatic rings. The van der Waals surface area contributed by atoms with E-state index < -0.39 is 0 Å². The summed E-state index contributed by atoms with van der Waals surface area (Å²) in [5.41, 5.74) is 21.4. The lowest BCUT2D eigenvalue weighted by atomic mass is 9.91. The Morgan fingerprint density at radius 2 is 0.722 bits per heavy atom. The number of thiophene rings is 1. The summed E-state index contributed by atoms with van der Waals surface area (Å²) in [5, 5.41) is 25.8. The number of nitrogens with zero attached hydrogens (tertiary/aromatic N) is 9. The van der Waals surface area contributed by atoms with Gasteiger partial charge in [-0.1, -0.05) is 116 Å². The summed E-state index contributed by atoms with van der Waals surface area (Å²) in [6.45, 7) is 76.5. The van der Waals surface area contributed by atoms with Gasteiger partial charge >= 0.3 is 0 Å². The third kappa shape index (κ3) is 43.0. The van der Waals surface area contributed by atoms with E-state index in [0.29, 0.717) is 5.41 Å². The molecule has 0 aromatic carbocycles. The number of aromatic nitrogens is 9. The zero-order valence-corrected chi connectivity index (χ0v) is 74.1. The molecule has 15 heteroatoms. The van der Waals surface area contributed by atoms with Gasteiger partial charge in [-0.25, -0.2) is 0 Å². The highest BCUT2D eigenvalue weighted by Crippen LogP contribution is 2.29. The molecule has 12 rings (SSSR count). The number of furan rings is 5. The summed E-state index contributed by atoms with van der Waals surface area (Å²) >= 11 is 1.86. The minimum absolute atomic E-state index is 0.112. The number of rotatable bonds is 0. The van der Waals surface area contributed by atoms with Crippen LogP contribution in [0.2, 0.25) is 0 Å². The minimum Gasteiger partial charge on any atom is -0.469 e. The van der Waals surface area contributed by atoms with Crippen molar-refractivity contribution in [3.05, 3.63) is 298 Å². The molecule has 0 N–H and O–H groups in total. The number of hydrogen-bond donors (Lipinski definition) is 0. The molecule has 0 saturated carbocycles. The first-order chi connectivity index (χ1) is 49.7. The largest absolute Gasteiger partial charge is 0.469 e. The van der Waals surface area contributed by atoms with E-state index in [2.05, 4.69) is 219 Å². The van der Waals surface area contributed by atoms with E-state index in [4.69, 9.17) is 22.1 Å². The summed E-state index contributed by atoms with van der Waals surface area (Å²) in [7, 11) is 0. The number of hydrogen-bond acceptors (Lipinski definition) is 15. The van der Waals surface area contributed by atoms with Crippen molar-refractivity contribution in [1.29, 1.82) is 0 Å². The predicted octanol–water partition coefficient (Wildman–Crippen LogP) is 26.1. The van der Waals surface area contributed by atoms with Gasteiger partial charge in [-0.15, -0.1) is 11.3 Å². The zero-order chi connectivity index (χ0) is 82.7. The Bertz CT molecular complexity index is 4010. The first-order valence-corrected chi connectivity index (χ1v) is 38.0. The second-order valence-corrected chi connectivity index (χ2v) is 33.8. The van der Waals surface area contributed by atoms with Crippen LogP contribution in [0, 0.1) is 152 Å². The predicted molar refractivity (Wildman–Crippen MR) is 454 cm³/mol. The average molecular weight is 1490 g/mol. The molecule has 0 bridgehead atoms. The lowest BCUT2D eigenvalue weighted by molar-refractivity contribution is 0.395. The lowest BCUT2D eigenvalue weighted by Crippen LogP contribution is -2.14. The van der Waals surface area contributed by atoms with Crippen LogP contribution in [0.1, 0.15) is 256 Å². The third-order valence-electron chi connectivity index (χ3n) is 15.5. The van der Waals surface area contributed by atoms with Gasteiger partial charge in [-0.05, 0) is 310 Å². The number of pyridine rings is 3. The molecule has 0 aliphatic heterocycles. The molecule has 108 heavy (non-hydrogen) atoms. The standard InChI is InChI=1S/C10H15N.C9H14N2.2C9H14O.C9H14S.C8H11N.C7H10N2.C7H9N.C7H10O.C6H8N2.2C6H8O/c1-8-5-6-9(11-7-8)10(2,3)4;1-7-5-6-8(11-10-7)9(2,3)4;1-7-5-8(10-6-7)9(2,3)4;1-7-5-6-8(10-7)9(2,3)4;1-7-5-8(10-6-7)9(2,3)4;1-6-4-8(3)9-5-7(6)2;1-5-4-6(2)8-9-7(5)3;1-6-3-4-7(2)8-5-6;1-5-4-6(2)8-7(5)3;1-5-3-4-6(2)8-7-5;1-5-3-6(2)7-4-5;1-5-3-4-6(2)7-5/h5-7H,1-4H3;5-6H,1-4H3;3*5-6H,1-4H3;4-5H,1-3H3;4H,1-3H3;3-5H,1-2H3;4H,1-3H3;3-4H,1-2H3;2*3-4H,1-2H3. The first kappa shape index (κ1) is 96.8. The molecule has 12 aromatic heterocycles. The topological polar surface area (TPSA) is 182 Å². The maximum absolute atomic E-state index is 5.45. The normalized spacial score (nSPS) is 10.6. The molecule has 12 heterocycles. The van der Waals surface area contributed by atoms with Crippen LogP contribution in [0.4, 0.5) is 0 Å². The van der Waals surface area contributed by atoms with Gasteiger partial charge < -0.3 is 22.1 Å². The highest BCUT2D eigenvalue weighted by molar-refractivity contribution is 7.10. The molecule has 0 saturated heterocycles. The van der Waals surface area contributed by atoms with Crippen molar-refractivity contribution in [2.75, 3.05) is 0 Å². The van der Waals surface area contributed by atoms with Crippen molar-refractivity contribution < 1.29 is 22.1 Å². The minimum atomic E-state index is 0.112. The molecule has 0 amide bonds. The first-order valence-electron chi connectivity index (χ1n) is 37.1. The molecule has 0 unspecified atom stereocenters. The third-order valence-corrected chi connectivity index (χ3v) is 17.0. The maximum atomic E-state index is 5.45. The fraction of sp³-hybridized carbons (Fsp3) is 0.452. The quantitative estimate of drug-likeness (QED) is 0.140. The Morgan fingerprint density at radius 3 is 0.981 bits per heavy atom. The fourth-order valence-corrected chi connectivity index (χ4v) is 9.53. The second kappa shape index (κ2) is 46.2. The van der Waals surface area contributed by atoms with Crippen molar-refractivity contribution in [2.24, 2.45) is 0 Å². The van der Waals surface area contributed by atoms with Crippen LogP contribution in [-0.4, -0.2) is 45.5 Å². The zero-order valence-electron chi connectivity index (χ0n) is 73.3. The van der Waals surface area contributed by atoms with E-state index in [1.165, 1.54) is 54.9 Å². The Morgan fingerprint density at radius 1 is 0.269 bits per heavy atom. The van der Waals surface area contributed by atoms with Gasteiger partial charge in [0, 0.05) is 62.2 Å². The van der Waals surface area contributed by atoms with E-state index in [9.17, 15) is 0 Å². The van der Waals surface area contributed by atoms with E-state index in [1.54, 1.807) is 12.5 Å². The van der Waals surface area contributed by atoms with Crippen molar-refractivity contribution in [1.82, 2.24) is 45.5 Å². The van der Waals surface area contributed by atoms with Crippen molar-refractivity contribution in [3.8, 4) is 0 Å². The molecule has 0 aliphatic rings. The van der Waals surface area contributed by atoms with Gasteiger partial charge in [0.25, 0.3) is 0 Å². The van der Waals surface area contributed by atoms with Crippen LogP contribution in [0.15, 0.2) is 168 Å². The molecule has 588 valence electrons. The monoisotopic (exact) mass is 1490 g/mol. The summed E-state index contributed by atoms with van der Waals surface area (Å²) in [6.07, 6.45) is 9.23. The van der Waals surface area contributed by atoms with Gasteiger partial charge in [-0.3, -0.25) is 15.0 Å². The van der Waals surface area contributed by atoms with E-state index in [0.717, 1.165) is 97.3 Å². The highest BCUT2D eigenvalue weighted by atomic mass is 32.1. The van der Waals surface area contributed by atoms with E-state index in [1.807, 2.05) is 227 Å². The van der Waals surface area contributed by atoms with Crippen molar-refractivity contribution >= 4 is 11.3 Å². The summed E-state index contributed by atoms with van der Waals surface area (Å²) in [4.78, 5) is 14.0. The molecule has 0 radical (unpaired) electrons. The summed E-state index contributed by atoms with van der Waals surface area (Å²) in [6, 6.07) is 36.6. The molecular weight excluding hydrogens is 1360 g/mol. The Hall–Kier alpha value is -9.21. The van der Waals surface area contributed by atoms with Gasteiger partial charge in [0.05, 0.1) is 46.7 Å². The maximum Gasteiger partial charge on any atom is 0.109 e. The van der Waals surface area contributed by atoms with E-state index >= 15 is 0 Å². The number of aryl methyl sites for hydroxylation is 22. The van der Waals surface area contributed by atoms with Gasteiger partial charge in [0.15, 0.2) is 0 Å². The van der Waals surface area contributed by atoms with Crippen LogP contribution in [0.3, 0.4) is 0 Å². The van der Waals surface area contributed by atoms with E-state index in [-0.39, 0.29) is 21.7 Å². The fourth-order valence-electron chi connectivity index (χ4n) is 8.54. The summed E-state index contributed by atoms with van der Waals surface area (Å²) < 4.78 is 26.0. The molecule has 0 fully saturated rings. The Balaban J connectivity index is 0.000000590. The van der Waals surface area contributed by atoms with Gasteiger partial charge in [0.2, 0.25) is 0 Å². The Labute approximate surface area is 656 Å². The van der Waals surface area contributed by atoms with Crippen LogP contribution < -0.4 is 0 Å². The second-order valence-electron chi connectivity index (χ2n) is 32.9. The molecule has 0 spiro atoms. The lowest BCUT2D eigenvalue weighted by Gasteiger charge is -2.17. The van der Waals surface area contributed by atoms with Crippen LogP contribution in [0.25, 0.3) is 0 Å². The van der Waals surface area contributed by atoms with Gasteiger partial charge in [0.1, 0.15) is 46.1 Å². The molecule has 14 nitrogen and oxygen atoms in total. The van der Waals surface area contributed by atoms with Crippen LogP contribution in [-0.2, 0) is 27.1 Å². The van der Waals surface area contributed by atoms with Crippen molar-refractivity contribution in [3.63, 3.8) is 0 Å². The SMILES string of the molecule is Cc1cc(C)c(C)cn1.Cc1cc(C)c(C)nn1.Cc1cc(C)c(C)o1.Cc1ccc(C(C)(C)C)nc1.Cc1ccc(C(C)(C)C)nn1.Cc1ccc(C(C)(C)C)o1.Cc1ccc(C)nc1.Cc1ccc(C)nn1.Cc1ccc(C)o1.Cc1coc(C(C)(C)C)c1.Cc1coc(C)c1.Cc1csc(C(C)(C)C)c1. The Kier molecular flexibility index (Phi) is 41.4. The van der Waals surface area contributed by atoms with Crippen LogP contribution >= 0.6 is 11.3 Å². The van der Waals surface area contributed by atoms with Gasteiger partial charge in [-0.2, -0.15) is 30.6 Å². The molecular formula is C93H135N9O5S.